The van der Waals surface area contributed by atoms with Gasteiger partial charge in [-0.1, -0.05) is 19.9 Å². The summed E-state index contributed by atoms with van der Waals surface area (Å²) in [6.07, 6.45) is -9.62. The van der Waals surface area contributed by atoms with Crippen molar-refractivity contribution in [1.82, 2.24) is 4.98 Å². The molecule has 0 N–H and O–H groups in total. The van der Waals surface area contributed by atoms with Crippen LogP contribution in [0.5, 0.6) is 5.75 Å². The Bertz CT molecular complexity index is 887. The molecule has 0 amide bonds. The van der Waals surface area contributed by atoms with E-state index in [1.54, 1.807) is 13.8 Å². The minimum atomic E-state index is -5.38. The van der Waals surface area contributed by atoms with Crippen molar-refractivity contribution in [1.29, 1.82) is 0 Å². The fourth-order valence-corrected chi connectivity index (χ4v) is 2.28. The standard InChI is InChI=1S/C17H13F6NO3/c1-8(2)7-27-13-11(15(26)17(21,22)23)6-10(14(25)16(18,19)20)9-4-3-5-24-12(9)13/h3-6,8H,7H2,1-2H3. The molecule has 1 aromatic heterocycles. The Hall–Kier alpha value is -2.65. The Kier molecular flexibility index (Phi) is 5.48. The van der Waals surface area contributed by atoms with Gasteiger partial charge >= 0.3 is 12.4 Å². The monoisotopic (exact) mass is 393 g/mol. The Labute approximate surface area is 149 Å². The number of benzene rings is 1. The molecule has 1 heterocycles. The third-order valence-electron chi connectivity index (χ3n) is 3.41. The van der Waals surface area contributed by atoms with E-state index in [9.17, 15) is 35.9 Å². The number of aromatic nitrogens is 1. The highest BCUT2D eigenvalue weighted by molar-refractivity contribution is 6.15. The van der Waals surface area contributed by atoms with E-state index >= 15 is 0 Å². The van der Waals surface area contributed by atoms with Crippen LogP contribution in [0.3, 0.4) is 0 Å². The molecule has 0 aliphatic carbocycles. The van der Waals surface area contributed by atoms with Gasteiger partial charge in [0.25, 0.3) is 11.6 Å². The molecular weight excluding hydrogens is 380 g/mol. The van der Waals surface area contributed by atoms with Gasteiger partial charge in [0, 0.05) is 17.1 Å². The van der Waals surface area contributed by atoms with Crippen LogP contribution in [-0.4, -0.2) is 35.5 Å². The van der Waals surface area contributed by atoms with Crippen molar-refractivity contribution in [3.63, 3.8) is 0 Å². The number of nitrogens with zero attached hydrogens (tertiary/aromatic N) is 1. The molecular formula is C17H13F6NO3. The van der Waals surface area contributed by atoms with Crippen LogP contribution in [0.25, 0.3) is 10.9 Å². The fourth-order valence-electron chi connectivity index (χ4n) is 2.28. The topological polar surface area (TPSA) is 56.3 Å². The van der Waals surface area contributed by atoms with Crippen LogP contribution >= 0.6 is 0 Å². The number of ether oxygens (including phenoxy) is 1. The van der Waals surface area contributed by atoms with Crippen molar-refractivity contribution in [3.05, 3.63) is 35.5 Å². The quantitative estimate of drug-likeness (QED) is 0.543. The van der Waals surface area contributed by atoms with E-state index in [1.807, 2.05) is 0 Å². The number of halogens is 6. The highest BCUT2D eigenvalue weighted by Gasteiger charge is 2.44. The molecule has 0 aliphatic rings. The predicted octanol–water partition coefficient (Wildman–Crippen LogP) is 4.76. The predicted molar refractivity (Wildman–Crippen MR) is 82.8 cm³/mol. The van der Waals surface area contributed by atoms with Crippen molar-refractivity contribution >= 4 is 22.5 Å². The van der Waals surface area contributed by atoms with E-state index in [4.69, 9.17) is 4.74 Å². The molecule has 4 nitrogen and oxygen atoms in total. The van der Waals surface area contributed by atoms with Gasteiger partial charge in [0.05, 0.1) is 12.2 Å². The molecule has 0 unspecified atom stereocenters. The van der Waals surface area contributed by atoms with E-state index in [2.05, 4.69) is 4.98 Å². The van der Waals surface area contributed by atoms with Crippen molar-refractivity contribution in [2.75, 3.05) is 6.61 Å². The van der Waals surface area contributed by atoms with Gasteiger partial charge in [-0.3, -0.25) is 14.6 Å². The molecule has 0 saturated heterocycles. The average molecular weight is 393 g/mol. The van der Waals surface area contributed by atoms with Gasteiger partial charge in [-0.25, -0.2) is 0 Å². The molecule has 0 atom stereocenters. The van der Waals surface area contributed by atoms with Gasteiger partial charge in [0.15, 0.2) is 5.75 Å². The maximum absolute atomic E-state index is 12.9. The minimum Gasteiger partial charge on any atom is -0.490 e. The Balaban J connectivity index is 2.85. The number of carbonyl (C=O) groups is 2. The molecule has 10 heteroatoms. The van der Waals surface area contributed by atoms with E-state index in [0.717, 1.165) is 12.3 Å². The normalized spacial score (nSPS) is 12.5. The lowest BCUT2D eigenvalue weighted by Gasteiger charge is -2.18. The first kappa shape index (κ1) is 20.7. The number of carbonyl (C=O) groups excluding carboxylic acids is 2. The molecule has 2 rings (SSSR count). The van der Waals surface area contributed by atoms with E-state index < -0.39 is 46.3 Å². The number of rotatable bonds is 5. The summed E-state index contributed by atoms with van der Waals surface area (Å²) in [6, 6.07) is 2.57. The first-order valence-electron chi connectivity index (χ1n) is 7.61. The average Bonchev–Trinajstić information content (AvgIpc) is 2.56. The third-order valence-corrected chi connectivity index (χ3v) is 3.41. The van der Waals surface area contributed by atoms with Crippen molar-refractivity contribution in [2.24, 2.45) is 5.92 Å². The summed E-state index contributed by atoms with van der Waals surface area (Å²) in [5, 5.41) is -0.364. The molecule has 0 radical (unpaired) electrons. The van der Waals surface area contributed by atoms with Gasteiger partial charge in [-0.05, 0) is 18.1 Å². The lowest BCUT2D eigenvalue weighted by atomic mass is 9.97. The van der Waals surface area contributed by atoms with Crippen LogP contribution in [0, 0.1) is 5.92 Å². The number of pyridine rings is 1. The van der Waals surface area contributed by atoms with Crippen LogP contribution in [-0.2, 0) is 0 Å². The molecule has 0 aliphatic heterocycles. The molecule has 146 valence electrons. The van der Waals surface area contributed by atoms with Crippen LogP contribution in [0.4, 0.5) is 26.3 Å². The highest BCUT2D eigenvalue weighted by Crippen LogP contribution is 2.37. The summed E-state index contributed by atoms with van der Waals surface area (Å²) >= 11 is 0. The summed E-state index contributed by atoms with van der Waals surface area (Å²) in [4.78, 5) is 27.2. The lowest BCUT2D eigenvalue weighted by Crippen LogP contribution is -2.27. The summed E-state index contributed by atoms with van der Waals surface area (Å²) in [5.74, 6) is -5.58. The number of alkyl halides is 6. The molecule has 2 aromatic rings. The Morgan fingerprint density at radius 3 is 2.11 bits per heavy atom. The highest BCUT2D eigenvalue weighted by atomic mass is 19.4. The minimum absolute atomic E-state index is 0.115. The van der Waals surface area contributed by atoms with Gasteiger partial charge in [0.1, 0.15) is 5.52 Å². The summed E-state index contributed by atoms with van der Waals surface area (Å²) in [6.45, 7) is 3.25. The Morgan fingerprint density at radius 2 is 1.59 bits per heavy atom. The van der Waals surface area contributed by atoms with E-state index in [0.29, 0.717) is 0 Å². The van der Waals surface area contributed by atoms with Crippen LogP contribution in [0.15, 0.2) is 24.4 Å². The fraction of sp³-hybridized carbons (Fsp3) is 0.353. The van der Waals surface area contributed by atoms with Gasteiger partial charge in [-0.15, -0.1) is 0 Å². The molecule has 0 fully saturated rings. The molecule has 0 saturated carbocycles. The molecule has 27 heavy (non-hydrogen) atoms. The molecule has 0 spiro atoms. The van der Waals surface area contributed by atoms with Crippen molar-refractivity contribution in [3.8, 4) is 5.75 Å². The second kappa shape index (κ2) is 7.16. The first-order valence-corrected chi connectivity index (χ1v) is 7.61. The summed E-state index contributed by atoms with van der Waals surface area (Å²) in [7, 11) is 0. The van der Waals surface area contributed by atoms with Crippen LogP contribution in [0.2, 0.25) is 0 Å². The largest absolute Gasteiger partial charge is 0.490 e. The first-order chi connectivity index (χ1) is 12.3. The number of hydrogen-bond acceptors (Lipinski definition) is 4. The van der Waals surface area contributed by atoms with Gasteiger partial charge in [-0.2, -0.15) is 26.3 Å². The number of Topliss-reactive ketones (excluding diaryl/α,β-unsaturated/α-hetero) is 2. The zero-order valence-corrected chi connectivity index (χ0v) is 14.0. The second-order valence-electron chi connectivity index (χ2n) is 6.06. The summed E-state index contributed by atoms with van der Waals surface area (Å²) < 4.78 is 82.7. The van der Waals surface area contributed by atoms with E-state index in [1.165, 1.54) is 6.07 Å². The lowest BCUT2D eigenvalue weighted by molar-refractivity contribution is -0.0888. The number of hydrogen-bond donors (Lipinski definition) is 0. The second-order valence-corrected chi connectivity index (χ2v) is 6.06. The number of fused-ring (bicyclic) bond motifs is 1. The van der Waals surface area contributed by atoms with Crippen LogP contribution < -0.4 is 4.74 Å². The smallest absolute Gasteiger partial charge is 0.455 e. The van der Waals surface area contributed by atoms with E-state index in [-0.39, 0.29) is 24.0 Å². The zero-order valence-electron chi connectivity index (χ0n) is 14.0. The third kappa shape index (κ3) is 4.37. The zero-order chi connectivity index (χ0) is 20.6. The van der Waals surface area contributed by atoms with Crippen LogP contribution in [0.1, 0.15) is 34.6 Å². The molecule has 0 bridgehead atoms. The van der Waals surface area contributed by atoms with Crippen molar-refractivity contribution in [2.45, 2.75) is 26.2 Å². The van der Waals surface area contributed by atoms with Crippen molar-refractivity contribution < 1.29 is 40.7 Å². The van der Waals surface area contributed by atoms with Gasteiger partial charge in [0.2, 0.25) is 0 Å². The Morgan fingerprint density at radius 1 is 1.04 bits per heavy atom. The summed E-state index contributed by atoms with van der Waals surface area (Å²) in [5.41, 5.74) is -2.72. The maximum atomic E-state index is 12.9. The van der Waals surface area contributed by atoms with Gasteiger partial charge < -0.3 is 4.74 Å². The number of ketones is 2. The maximum Gasteiger partial charge on any atom is 0.455 e. The molecule has 1 aromatic carbocycles. The SMILES string of the molecule is CC(C)COc1c(C(=O)C(F)(F)F)cc(C(=O)C(F)(F)F)c2cccnc12.